The Kier molecular flexibility index (Phi) is 2.76. The van der Waals surface area contributed by atoms with E-state index < -0.39 is 6.10 Å². The first-order chi connectivity index (χ1) is 5.25. The molecule has 1 rings (SSSR count). The highest BCUT2D eigenvalue weighted by Crippen LogP contribution is 2.10. The molecule has 11 heavy (non-hydrogen) atoms. The van der Waals surface area contributed by atoms with Gasteiger partial charge < -0.3 is 10.8 Å². The van der Waals surface area contributed by atoms with Gasteiger partial charge >= 0.3 is 0 Å². The van der Waals surface area contributed by atoms with Crippen LogP contribution in [0.2, 0.25) is 0 Å². The molecule has 60 valence electrons. The molecule has 0 saturated heterocycles. The van der Waals surface area contributed by atoms with E-state index in [4.69, 9.17) is 10.8 Å². The molecule has 1 atom stereocenters. The van der Waals surface area contributed by atoms with Gasteiger partial charge in [-0.05, 0) is 11.4 Å². The number of nitrogens with two attached hydrogens (primary N) is 1. The monoisotopic (exact) mass is 171 g/mol. The normalized spacial score (nSPS) is 12.9. The van der Waals surface area contributed by atoms with E-state index >= 15 is 0 Å². The van der Waals surface area contributed by atoms with Crippen molar-refractivity contribution in [1.29, 1.82) is 0 Å². The van der Waals surface area contributed by atoms with Crippen LogP contribution in [0, 0.1) is 0 Å². The molecule has 0 fully saturated rings. The second-order valence-corrected chi connectivity index (χ2v) is 3.04. The van der Waals surface area contributed by atoms with Crippen molar-refractivity contribution in [2.45, 2.75) is 6.10 Å². The molecule has 1 aromatic rings. The van der Waals surface area contributed by atoms with E-state index in [0.717, 1.165) is 0 Å². The highest BCUT2D eigenvalue weighted by Gasteiger charge is 2.15. The van der Waals surface area contributed by atoms with Crippen LogP contribution < -0.4 is 5.73 Å². The third-order valence-electron chi connectivity index (χ3n) is 1.29. The Bertz CT molecular complexity index is 233. The number of rotatable bonds is 3. The summed E-state index contributed by atoms with van der Waals surface area (Å²) in [6.07, 6.45) is -1.05. The Balaban J connectivity index is 2.70. The lowest BCUT2D eigenvalue weighted by atomic mass is 10.2. The summed E-state index contributed by atoms with van der Waals surface area (Å²) in [5, 5.41) is 10.8. The molecule has 0 aliphatic rings. The van der Waals surface area contributed by atoms with Crippen molar-refractivity contribution in [3.05, 3.63) is 22.4 Å². The minimum Gasteiger partial charge on any atom is -0.384 e. The van der Waals surface area contributed by atoms with Crippen molar-refractivity contribution in [3.8, 4) is 0 Å². The number of carbonyl (C=O) groups excluding carboxylic acids is 1. The van der Waals surface area contributed by atoms with Gasteiger partial charge in [0.05, 0.1) is 4.88 Å². The molecule has 0 amide bonds. The SMILES string of the molecule is NCC(O)C(=O)c1cccs1. The smallest absolute Gasteiger partial charge is 0.202 e. The first kappa shape index (κ1) is 8.39. The van der Waals surface area contributed by atoms with Crippen LogP contribution in [0.3, 0.4) is 0 Å². The molecule has 0 spiro atoms. The molecule has 0 bridgehead atoms. The molecule has 0 aliphatic heterocycles. The lowest BCUT2D eigenvalue weighted by Gasteiger charge is -2.02. The van der Waals surface area contributed by atoms with E-state index in [2.05, 4.69) is 0 Å². The summed E-state index contributed by atoms with van der Waals surface area (Å²) < 4.78 is 0. The van der Waals surface area contributed by atoms with Gasteiger partial charge in [-0.3, -0.25) is 4.79 Å². The molecule has 1 unspecified atom stereocenters. The third-order valence-corrected chi connectivity index (χ3v) is 2.17. The highest BCUT2D eigenvalue weighted by molar-refractivity contribution is 7.12. The zero-order chi connectivity index (χ0) is 8.27. The molecule has 0 aromatic carbocycles. The van der Waals surface area contributed by atoms with Crippen LogP contribution in [0.1, 0.15) is 9.67 Å². The van der Waals surface area contributed by atoms with Gasteiger partial charge in [0.2, 0.25) is 5.78 Å². The summed E-state index contributed by atoms with van der Waals surface area (Å²) in [5.41, 5.74) is 5.11. The summed E-state index contributed by atoms with van der Waals surface area (Å²) >= 11 is 1.31. The summed E-state index contributed by atoms with van der Waals surface area (Å²) in [4.78, 5) is 11.7. The quantitative estimate of drug-likeness (QED) is 0.641. The Labute approximate surface area is 68.5 Å². The molecule has 1 heterocycles. The lowest BCUT2D eigenvalue weighted by Crippen LogP contribution is -2.28. The van der Waals surface area contributed by atoms with Crippen LogP contribution in [0.4, 0.5) is 0 Å². The van der Waals surface area contributed by atoms with Crippen molar-refractivity contribution in [2.75, 3.05) is 6.54 Å². The summed E-state index contributed by atoms with van der Waals surface area (Å²) in [5.74, 6) is -0.289. The second-order valence-electron chi connectivity index (χ2n) is 2.09. The van der Waals surface area contributed by atoms with Gasteiger partial charge in [-0.15, -0.1) is 11.3 Å². The van der Waals surface area contributed by atoms with Crippen molar-refractivity contribution in [1.82, 2.24) is 0 Å². The molecule has 0 radical (unpaired) electrons. The number of thiophene rings is 1. The van der Waals surface area contributed by atoms with Crippen LogP contribution in [0.5, 0.6) is 0 Å². The van der Waals surface area contributed by atoms with Crippen LogP contribution in [-0.2, 0) is 0 Å². The standard InChI is InChI=1S/C7H9NO2S/c8-4-5(9)7(10)6-2-1-3-11-6/h1-3,5,9H,4,8H2. The van der Waals surface area contributed by atoms with Gasteiger partial charge in [-0.25, -0.2) is 0 Å². The number of aliphatic hydroxyl groups excluding tert-OH is 1. The van der Waals surface area contributed by atoms with Crippen LogP contribution in [0.25, 0.3) is 0 Å². The van der Waals surface area contributed by atoms with E-state index in [9.17, 15) is 4.79 Å². The van der Waals surface area contributed by atoms with E-state index in [0.29, 0.717) is 4.88 Å². The maximum absolute atomic E-state index is 11.1. The topological polar surface area (TPSA) is 63.3 Å². The average Bonchev–Trinajstić information content (AvgIpc) is 2.53. The predicted octanol–water partition coefficient (Wildman–Crippen LogP) is 0.250. The Morgan fingerprint density at radius 3 is 3.00 bits per heavy atom. The molecular weight excluding hydrogens is 162 g/mol. The molecular formula is C7H9NO2S. The van der Waals surface area contributed by atoms with Gasteiger partial charge in [0, 0.05) is 6.54 Å². The summed E-state index contributed by atoms with van der Waals surface area (Å²) in [6, 6.07) is 3.44. The number of ketones is 1. The predicted molar refractivity (Wildman–Crippen MR) is 43.7 cm³/mol. The van der Waals surface area contributed by atoms with Crippen molar-refractivity contribution in [2.24, 2.45) is 5.73 Å². The third kappa shape index (κ3) is 1.86. The summed E-state index contributed by atoms with van der Waals surface area (Å²) in [6.45, 7) is -0.0171. The molecule has 3 N–H and O–H groups in total. The van der Waals surface area contributed by atoms with Crippen molar-refractivity contribution >= 4 is 17.1 Å². The molecule has 3 nitrogen and oxygen atoms in total. The fourth-order valence-corrected chi connectivity index (χ4v) is 1.40. The number of Topliss-reactive ketones (excluding diaryl/α,β-unsaturated/α-hetero) is 1. The van der Waals surface area contributed by atoms with E-state index in [1.54, 1.807) is 17.5 Å². The fourth-order valence-electron chi connectivity index (χ4n) is 0.690. The van der Waals surface area contributed by atoms with E-state index in [1.807, 2.05) is 0 Å². The summed E-state index contributed by atoms with van der Waals surface area (Å²) in [7, 11) is 0. The largest absolute Gasteiger partial charge is 0.384 e. The van der Waals surface area contributed by atoms with Crippen LogP contribution in [-0.4, -0.2) is 23.5 Å². The fraction of sp³-hybridized carbons (Fsp3) is 0.286. The molecule has 0 aliphatic carbocycles. The minimum absolute atomic E-state index is 0.0171. The Hall–Kier alpha value is -0.710. The average molecular weight is 171 g/mol. The maximum atomic E-state index is 11.1. The first-order valence-corrected chi connectivity index (χ1v) is 4.09. The zero-order valence-corrected chi connectivity index (χ0v) is 6.67. The van der Waals surface area contributed by atoms with Gasteiger partial charge in [0.15, 0.2) is 0 Å². The van der Waals surface area contributed by atoms with Crippen molar-refractivity contribution in [3.63, 3.8) is 0 Å². The zero-order valence-electron chi connectivity index (χ0n) is 5.86. The number of carbonyl (C=O) groups is 1. The second kappa shape index (κ2) is 3.61. The van der Waals surface area contributed by atoms with E-state index in [1.165, 1.54) is 11.3 Å². The van der Waals surface area contributed by atoms with Gasteiger partial charge in [0.1, 0.15) is 6.10 Å². The van der Waals surface area contributed by atoms with Gasteiger partial charge in [0.25, 0.3) is 0 Å². The molecule has 4 heteroatoms. The first-order valence-electron chi connectivity index (χ1n) is 3.21. The van der Waals surface area contributed by atoms with Crippen LogP contribution >= 0.6 is 11.3 Å². The van der Waals surface area contributed by atoms with Crippen molar-refractivity contribution < 1.29 is 9.90 Å². The van der Waals surface area contributed by atoms with E-state index in [-0.39, 0.29) is 12.3 Å². The number of hydrogen-bond donors (Lipinski definition) is 2. The van der Waals surface area contributed by atoms with Crippen LogP contribution in [0.15, 0.2) is 17.5 Å². The number of aliphatic hydroxyl groups is 1. The lowest BCUT2D eigenvalue weighted by molar-refractivity contribution is 0.0767. The molecule has 1 aromatic heterocycles. The van der Waals surface area contributed by atoms with Gasteiger partial charge in [-0.1, -0.05) is 6.07 Å². The Morgan fingerprint density at radius 1 is 1.82 bits per heavy atom. The Morgan fingerprint density at radius 2 is 2.55 bits per heavy atom. The minimum atomic E-state index is -1.05. The number of hydrogen-bond acceptors (Lipinski definition) is 4. The van der Waals surface area contributed by atoms with Gasteiger partial charge in [-0.2, -0.15) is 0 Å². The highest BCUT2D eigenvalue weighted by atomic mass is 32.1. The molecule has 0 saturated carbocycles. The maximum Gasteiger partial charge on any atom is 0.202 e.